The van der Waals surface area contributed by atoms with Crippen LogP contribution >= 0.6 is 23.8 Å². The van der Waals surface area contributed by atoms with Crippen molar-refractivity contribution >= 4 is 34.6 Å². The van der Waals surface area contributed by atoms with Crippen molar-refractivity contribution in [2.75, 3.05) is 4.90 Å². The van der Waals surface area contributed by atoms with Crippen LogP contribution in [0.25, 0.3) is 5.69 Å². The lowest BCUT2D eigenvalue weighted by atomic mass is 9.96. The van der Waals surface area contributed by atoms with E-state index in [1.165, 1.54) is 11.1 Å². The molecule has 3 heterocycles. The first-order chi connectivity index (χ1) is 16.4. The Balaban J connectivity index is 1.71. The number of aromatic nitrogens is 2. The Hall–Kier alpha value is -3.15. The zero-order chi connectivity index (χ0) is 24.0. The Morgan fingerprint density at radius 1 is 0.941 bits per heavy atom. The fraction of sp³-hybridized carbons (Fsp3) is 0.214. The molecule has 1 N–H and O–H groups in total. The first kappa shape index (κ1) is 22.6. The van der Waals surface area contributed by atoms with Crippen LogP contribution in [0, 0.1) is 27.7 Å². The van der Waals surface area contributed by atoms with Gasteiger partial charge in [0.25, 0.3) is 0 Å². The van der Waals surface area contributed by atoms with Crippen molar-refractivity contribution in [3.8, 4) is 5.69 Å². The van der Waals surface area contributed by atoms with E-state index in [2.05, 4.69) is 89.9 Å². The fourth-order valence-corrected chi connectivity index (χ4v) is 5.54. The third-order valence-electron chi connectivity index (χ3n) is 6.65. The van der Waals surface area contributed by atoms with Crippen LogP contribution in [0.3, 0.4) is 0 Å². The summed E-state index contributed by atoms with van der Waals surface area (Å²) in [6.45, 7) is 8.49. The smallest absolute Gasteiger partial charge is 0.174 e. The summed E-state index contributed by atoms with van der Waals surface area (Å²) in [7, 11) is 0. The maximum absolute atomic E-state index is 6.49. The largest absolute Gasteiger partial charge is 0.351 e. The van der Waals surface area contributed by atoms with Crippen LogP contribution in [-0.4, -0.2) is 14.7 Å². The molecule has 2 aromatic heterocycles. The van der Waals surface area contributed by atoms with Crippen LogP contribution < -0.4 is 10.2 Å². The molecule has 0 spiro atoms. The maximum Gasteiger partial charge on any atom is 0.174 e. The molecule has 4 nitrogen and oxygen atoms in total. The van der Waals surface area contributed by atoms with Crippen molar-refractivity contribution in [2.45, 2.75) is 39.8 Å². The molecule has 34 heavy (non-hydrogen) atoms. The van der Waals surface area contributed by atoms with Crippen LogP contribution in [0.5, 0.6) is 0 Å². The number of pyridine rings is 1. The molecule has 0 bridgehead atoms. The molecule has 1 saturated heterocycles. The molecule has 0 amide bonds. The number of nitrogens with zero attached hydrogens (tertiary/aromatic N) is 3. The monoisotopic (exact) mass is 486 g/mol. The molecule has 0 aliphatic carbocycles. The molecule has 2 atom stereocenters. The van der Waals surface area contributed by atoms with Gasteiger partial charge in [0.15, 0.2) is 5.11 Å². The number of anilines is 1. The van der Waals surface area contributed by atoms with E-state index in [0.717, 1.165) is 39.0 Å². The highest BCUT2D eigenvalue weighted by molar-refractivity contribution is 7.80. The van der Waals surface area contributed by atoms with Crippen molar-refractivity contribution in [1.29, 1.82) is 0 Å². The predicted octanol–water partition coefficient (Wildman–Crippen LogP) is 6.94. The minimum Gasteiger partial charge on any atom is -0.351 e. The molecule has 1 aliphatic rings. The van der Waals surface area contributed by atoms with Gasteiger partial charge >= 0.3 is 0 Å². The molecule has 0 unspecified atom stereocenters. The summed E-state index contributed by atoms with van der Waals surface area (Å²) in [5.74, 6) is 0. The summed E-state index contributed by atoms with van der Waals surface area (Å²) in [5.41, 5.74) is 8.92. The quantitative estimate of drug-likeness (QED) is 0.317. The van der Waals surface area contributed by atoms with Gasteiger partial charge < -0.3 is 14.8 Å². The molecule has 1 fully saturated rings. The summed E-state index contributed by atoms with van der Waals surface area (Å²) < 4.78 is 2.29. The Labute approximate surface area is 211 Å². The number of aryl methyl sites for hydroxylation is 2. The van der Waals surface area contributed by atoms with Crippen LogP contribution in [0.1, 0.15) is 45.9 Å². The predicted molar refractivity (Wildman–Crippen MR) is 144 cm³/mol. The molecule has 1 aliphatic heterocycles. The van der Waals surface area contributed by atoms with Gasteiger partial charge in [-0.15, -0.1) is 0 Å². The van der Waals surface area contributed by atoms with E-state index >= 15 is 0 Å². The van der Waals surface area contributed by atoms with E-state index < -0.39 is 0 Å². The Morgan fingerprint density at radius 2 is 1.74 bits per heavy atom. The lowest BCUT2D eigenvalue weighted by molar-refractivity contribution is 0.565. The summed E-state index contributed by atoms with van der Waals surface area (Å²) in [6, 6.07) is 22.7. The molecule has 0 saturated carbocycles. The highest BCUT2D eigenvalue weighted by Gasteiger charge is 2.42. The number of hydrogen-bond acceptors (Lipinski definition) is 2. The van der Waals surface area contributed by atoms with E-state index in [1.807, 2.05) is 30.5 Å². The van der Waals surface area contributed by atoms with Gasteiger partial charge in [-0.2, -0.15) is 0 Å². The van der Waals surface area contributed by atoms with Crippen molar-refractivity contribution in [3.63, 3.8) is 0 Å². The second-order valence-corrected chi connectivity index (χ2v) is 9.68. The lowest BCUT2D eigenvalue weighted by Crippen LogP contribution is -2.29. The molecule has 172 valence electrons. The summed E-state index contributed by atoms with van der Waals surface area (Å²) in [6.07, 6.45) is 1.84. The number of thiocarbonyl (C=S) groups is 1. The third-order valence-corrected chi connectivity index (χ3v) is 7.37. The molecule has 6 heteroatoms. The zero-order valence-electron chi connectivity index (χ0n) is 19.7. The van der Waals surface area contributed by atoms with Gasteiger partial charge in [0.1, 0.15) is 0 Å². The Kier molecular flexibility index (Phi) is 5.92. The van der Waals surface area contributed by atoms with Gasteiger partial charge in [-0.1, -0.05) is 35.9 Å². The number of hydrogen-bond donors (Lipinski definition) is 1. The van der Waals surface area contributed by atoms with Crippen molar-refractivity contribution in [1.82, 2.24) is 14.9 Å². The highest BCUT2D eigenvalue weighted by Crippen LogP contribution is 2.44. The topological polar surface area (TPSA) is 33.1 Å². The normalized spacial score (nSPS) is 17.8. The van der Waals surface area contributed by atoms with E-state index in [9.17, 15) is 0 Å². The second kappa shape index (κ2) is 8.90. The minimum absolute atomic E-state index is 0.0522. The number of halogens is 1. The molecular weight excluding hydrogens is 460 g/mol. The average molecular weight is 487 g/mol. The van der Waals surface area contributed by atoms with Crippen molar-refractivity contribution in [2.24, 2.45) is 0 Å². The van der Waals surface area contributed by atoms with Crippen molar-refractivity contribution < 1.29 is 0 Å². The first-order valence-electron chi connectivity index (χ1n) is 11.4. The standard InChI is InChI=1S/C28H27ClN4S/c1-17-9-7-10-21(15-17)33-27(26(31-28(33)34)24-12-5-6-14-30-24)22-16-18(2)32(20(22)4)25-13-8-11-23(29)19(25)3/h5-16,26-27H,1-4H3,(H,31,34)/t26-,27-/m1/s1. The summed E-state index contributed by atoms with van der Waals surface area (Å²) in [5, 5.41) is 5.04. The molecule has 5 rings (SSSR count). The SMILES string of the molecule is Cc1cccc(N2C(=S)N[C@H](c3ccccn3)[C@H]2c2cc(C)n(-c3cccc(Cl)c3C)c2C)c1. The van der Waals surface area contributed by atoms with Gasteiger partial charge in [-0.05, 0) is 99.1 Å². The Morgan fingerprint density at radius 3 is 2.47 bits per heavy atom. The van der Waals surface area contributed by atoms with Gasteiger partial charge in [-0.25, -0.2) is 0 Å². The fourth-order valence-electron chi connectivity index (χ4n) is 5.02. The zero-order valence-corrected chi connectivity index (χ0v) is 21.3. The molecule has 4 aromatic rings. The lowest BCUT2D eigenvalue weighted by Gasteiger charge is -2.28. The maximum atomic E-state index is 6.49. The third kappa shape index (κ3) is 3.79. The van der Waals surface area contributed by atoms with Gasteiger partial charge in [0.05, 0.1) is 17.8 Å². The number of nitrogens with one attached hydrogen (secondary N) is 1. The average Bonchev–Trinajstić information content (AvgIpc) is 3.32. The van der Waals surface area contributed by atoms with Gasteiger partial charge in [-0.3, -0.25) is 4.98 Å². The van der Waals surface area contributed by atoms with E-state index in [0.29, 0.717) is 5.11 Å². The van der Waals surface area contributed by atoms with Crippen molar-refractivity contribution in [3.05, 3.63) is 112 Å². The highest BCUT2D eigenvalue weighted by atomic mass is 35.5. The van der Waals surface area contributed by atoms with Crippen LogP contribution in [0.4, 0.5) is 5.69 Å². The van der Waals surface area contributed by atoms with Gasteiger partial charge in [0, 0.05) is 34.0 Å². The molecular formula is C28H27ClN4S. The Bertz CT molecular complexity index is 1380. The van der Waals surface area contributed by atoms with Gasteiger partial charge in [0.2, 0.25) is 0 Å². The van der Waals surface area contributed by atoms with Crippen LogP contribution in [0.2, 0.25) is 5.02 Å². The number of benzene rings is 2. The van der Waals surface area contributed by atoms with E-state index in [-0.39, 0.29) is 12.1 Å². The van der Waals surface area contributed by atoms with E-state index in [1.54, 1.807) is 0 Å². The second-order valence-electron chi connectivity index (χ2n) is 8.88. The number of rotatable bonds is 4. The minimum atomic E-state index is -0.0800. The first-order valence-corrected chi connectivity index (χ1v) is 12.2. The van der Waals surface area contributed by atoms with Crippen LogP contribution in [-0.2, 0) is 0 Å². The molecule has 2 aromatic carbocycles. The summed E-state index contributed by atoms with van der Waals surface area (Å²) in [4.78, 5) is 6.92. The molecule has 0 radical (unpaired) electrons. The summed E-state index contributed by atoms with van der Waals surface area (Å²) >= 11 is 12.4. The van der Waals surface area contributed by atoms with Crippen LogP contribution in [0.15, 0.2) is 72.9 Å². The van der Waals surface area contributed by atoms with E-state index in [4.69, 9.17) is 23.8 Å².